The predicted molar refractivity (Wildman–Crippen MR) is 110 cm³/mol. The summed E-state index contributed by atoms with van der Waals surface area (Å²) < 4.78 is 16.8. The first kappa shape index (κ1) is 21.9. The molecule has 28 heavy (non-hydrogen) atoms. The predicted octanol–water partition coefficient (Wildman–Crippen LogP) is 3.02. The van der Waals surface area contributed by atoms with E-state index < -0.39 is 24.3 Å². The summed E-state index contributed by atoms with van der Waals surface area (Å²) in [4.78, 5) is 22.6. The number of ether oxygens (including phenoxy) is 1. The molecule has 0 aliphatic carbocycles. The third kappa shape index (κ3) is 5.56. The second kappa shape index (κ2) is 8.75. The van der Waals surface area contributed by atoms with E-state index in [1.807, 2.05) is 58.0 Å². The highest BCUT2D eigenvalue weighted by atomic mass is 16.7. The molecule has 0 bridgehead atoms. The van der Waals surface area contributed by atoms with Gasteiger partial charge in [0.1, 0.15) is 0 Å². The summed E-state index contributed by atoms with van der Waals surface area (Å²) >= 11 is 0. The number of nitrogens with one attached hydrogen (secondary N) is 1. The number of hydrogen-bond donors (Lipinski definition) is 1. The number of carbonyl (C=O) groups excluding carboxylic acids is 2. The molecule has 0 radical (unpaired) electrons. The van der Waals surface area contributed by atoms with Gasteiger partial charge in [-0.3, -0.25) is 4.79 Å². The van der Waals surface area contributed by atoms with Crippen LogP contribution in [-0.2, 0) is 23.6 Å². The van der Waals surface area contributed by atoms with Gasteiger partial charge in [0.15, 0.2) is 0 Å². The second-order valence-electron chi connectivity index (χ2n) is 7.74. The number of benzene rings is 1. The number of methoxy groups -OCH3 is 1. The molecule has 1 aromatic carbocycles. The summed E-state index contributed by atoms with van der Waals surface area (Å²) in [5.74, 6) is -0.520. The van der Waals surface area contributed by atoms with Crippen LogP contribution in [0, 0.1) is 0 Å². The monoisotopic (exact) mass is 385 g/mol. The Morgan fingerprint density at radius 2 is 1.61 bits per heavy atom. The summed E-state index contributed by atoms with van der Waals surface area (Å²) in [5, 5.41) is 2.82. The maximum Gasteiger partial charge on any atom is 0.492 e. The number of esters is 1. The highest BCUT2D eigenvalue weighted by Gasteiger charge is 2.52. The van der Waals surface area contributed by atoms with Crippen LogP contribution in [0.3, 0.4) is 0 Å². The third-order valence-corrected chi connectivity index (χ3v) is 5.00. The lowest BCUT2D eigenvalue weighted by molar-refractivity contribution is -0.134. The molecule has 1 aromatic rings. The van der Waals surface area contributed by atoms with Crippen LogP contribution in [0.2, 0.25) is 0 Å². The summed E-state index contributed by atoms with van der Waals surface area (Å²) in [6.45, 7) is 9.77. The zero-order valence-electron chi connectivity index (χ0n) is 17.4. The molecule has 2 rings (SSSR count). The Labute approximate surface area is 167 Å². The minimum Gasteiger partial charge on any atom is -0.466 e. The number of carbonyl (C=O) groups is 2. The molecule has 150 valence electrons. The lowest BCUT2D eigenvalue weighted by Crippen LogP contribution is -2.41. The van der Waals surface area contributed by atoms with Crippen molar-refractivity contribution in [3.63, 3.8) is 0 Å². The largest absolute Gasteiger partial charge is 0.492 e. The molecule has 0 unspecified atom stereocenters. The summed E-state index contributed by atoms with van der Waals surface area (Å²) in [7, 11) is 0.795. The molecule has 1 aliphatic heterocycles. The van der Waals surface area contributed by atoms with E-state index in [4.69, 9.17) is 9.31 Å². The van der Waals surface area contributed by atoms with Gasteiger partial charge in [-0.05, 0) is 50.4 Å². The number of rotatable bonds is 6. The molecule has 0 atom stereocenters. The van der Waals surface area contributed by atoms with E-state index in [9.17, 15) is 9.59 Å². The van der Waals surface area contributed by atoms with Crippen LogP contribution in [0.5, 0.6) is 0 Å². The molecule has 0 saturated carbocycles. The van der Waals surface area contributed by atoms with Crippen molar-refractivity contribution in [2.45, 2.75) is 45.8 Å². The van der Waals surface area contributed by atoms with Crippen LogP contribution in [0.1, 0.15) is 45.7 Å². The first-order valence-corrected chi connectivity index (χ1v) is 9.21. The van der Waals surface area contributed by atoms with E-state index >= 15 is 0 Å². The summed E-state index contributed by atoms with van der Waals surface area (Å²) in [5.41, 5.74) is 1.71. The van der Waals surface area contributed by atoms with Crippen LogP contribution in [0.25, 0.3) is 12.2 Å². The number of amides is 1. The van der Waals surface area contributed by atoms with E-state index in [0.717, 1.165) is 16.6 Å². The molecule has 0 spiro atoms. The van der Waals surface area contributed by atoms with Gasteiger partial charge in [-0.1, -0.05) is 30.3 Å². The fourth-order valence-electron chi connectivity index (χ4n) is 2.57. The molecule has 7 heteroatoms. The normalized spacial score (nSPS) is 18.4. The summed E-state index contributed by atoms with van der Waals surface area (Å²) in [6, 6.07) is 7.64. The van der Waals surface area contributed by atoms with Crippen molar-refractivity contribution in [3.8, 4) is 0 Å². The van der Waals surface area contributed by atoms with Crippen molar-refractivity contribution in [3.05, 3.63) is 46.9 Å². The average molecular weight is 385 g/mol. The molecular formula is C21H28BNO5. The molecule has 1 aliphatic rings. The quantitative estimate of drug-likeness (QED) is 0.463. The van der Waals surface area contributed by atoms with E-state index in [1.54, 1.807) is 6.08 Å². The zero-order chi connectivity index (χ0) is 20.9. The molecule has 1 heterocycles. The van der Waals surface area contributed by atoms with Gasteiger partial charge in [-0.15, -0.1) is 0 Å². The van der Waals surface area contributed by atoms with Gasteiger partial charge < -0.3 is 19.4 Å². The second-order valence-corrected chi connectivity index (χ2v) is 7.74. The lowest BCUT2D eigenvalue weighted by Gasteiger charge is -2.32. The van der Waals surface area contributed by atoms with Gasteiger partial charge in [0.2, 0.25) is 5.91 Å². The van der Waals surface area contributed by atoms with Crippen LogP contribution < -0.4 is 5.32 Å². The maximum atomic E-state index is 11.4. The minimum atomic E-state index is -0.546. The van der Waals surface area contributed by atoms with Crippen LogP contribution >= 0.6 is 0 Å². The lowest BCUT2D eigenvalue weighted by atomic mass is 9.77. The Morgan fingerprint density at radius 1 is 1.07 bits per heavy atom. The molecule has 1 N–H and O–H groups in total. The molecule has 1 fully saturated rings. The fraction of sp³-hybridized carbons (Fsp3) is 0.429. The van der Waals surface area contributed by atoms with Crippen molar-refractivity contribution < 1.29 is 23.6 Å². The average Bonchev–Trinajstić information content (AvgIpc) is 2.84. The van der Waals surface area contributed by atoms with Crippen molar-refractivity contribution in [2.75, 3.05) is 13.7 Å². The Morgan fingerprint density at radius 3 is 2.11 bits per heavy atom. The van der Waals surface area contributed by atoms with Crippen molar-refractivity contribution in [1.29, 1.82) is 0 Å². The van der Waals surface area contributed by atoms with Gasteiger partial charge in [0, 0.05) is 19.5 Å². The molecular weight excluding hydrogens is 357 g/mol. The van der Waals surface area contributed by atoms with Gasteiger partial charge in [-0.2, -0.15) is 0 Å². The Kier molecular flexibility index (Phi) is 6.85. The first-order chi connectivity index (χ1) is 13.0. The SMILES string of the molecule is COC(=O)/C=C/c1ccc(C=C(CNC(C)=O)B2OC(C)(C)C(C)(C)O2)cc1. The standard InChI is InChI=1S/C21H28BNO5/c1-15(24)23-14-18(22-27-20(2,3)21(4,5)28-22)13-17-9-7-16(8-10-17)11-12-19(25)26-6/h7-13H,14H2,1-6H3,(H,23,24)/b12-11+,18-13?. The van der Waals surface area contributed by atoms with Crippen LogP contribution in [-0.4, -0.2) is 43.9 Å². The van der Waals surface area contributed by atoms with E-state index in [-0.39, 0.29) is 5.91 Å². The minimum absolute atomic E-state index is 0.120. The summed E-state index contributed by atoms with van der Waals surface area (Å²) in [6.07, 6.45) is 5.01. The zero-order valence-corrected chi connectivity index (χ0v) is 17.4. The van der Waals surface area contributed by atoms with E-state index in [1.165, 1.54) is 20.1 Å². The van der Waals surface area contributed by atoms with Crippen LogP contribution in [0.4, 0.5) is 0 Å². The van der Waals surface area contributed by atoms with Gasteiger partial charge >= 0.3 is 13.1 Å². The Balaban J connectivity index is 2.23. The molecule has 0 aromatic heterocycles. The maximum absolute atomic E-state index is 11.4. The third-order valence-electron chi connectivity index (χ3n) is 5.00. The number of hydrogen-bond acceptors (Lipinski definition) is 5. The Hall–Kier alpha value is -2.38. The van der Waals surface area contributed by atoms with E-state index in [2.05, 4.69) is 10.1 Å². The molecule has 1 amide bonds. The van der Waals surface area contributed by atoms with E-state index in [0.29, 0.717) is 6.54 Å². The molecule has 1 saturated heterocycles. The first-order valence-electron chi connectivity index (χ1n) is 9.21. The Bertz CT molecular complexity index is 764. The van der Waals surface area contributed by atoms with Crippen molar-refractivity contribution in [2.24, 2.45) is 0 Å². The van der Waals surface area contributed by atoms with Gasteiger partial charge in [0.05, 0.1) is 18.3 Å². The smallest absolute Gasteiger partial charge is 0.466 e. The topological polar surface area (TPSA) is 73.9 Å². The van der Waals surface area contributed by atoms with Crippen molar-refractivity contribution in [1.82, 2.24) is 5.32 Å². The fourth-order valence-corrected chi connectivity index (χ4v) is 2.57. The molecule has 6 nitrogen and oxygen atoms in total. The van der Waals surface area contributed by atoms with Gasteiger partial charge in [-0.25, -0.2) is 4.79 Å². The van der Waals surface area contributed by atoms with Crippen molar-refractivity contribution >= 4 is 31.1 Å². The van der Waals surface area contributed by atoms with Gasteiger partial charge in [0.25, 0.3) is 0 Å². The highest BCUT2D eigenvalue weighted by molar-refractivity contribution is 6.56. The van der Waals surface area contributed by atoms with Crippen LogP contribution in [0.15, 0.2) is 35.8 Å². The highest BCUT2D eigenvalue weighted by Crippen LogP contribution is 2.38.